The summed E-state index contributed by atoms with van der Waals surface area (Å²) in [5.74, 6) is -1.92. The maximum atomic E-state index is 12.4. The summed E-state index contributed by atoms with van der Waals surface area (Å²) in [6, 6.07) is 2.71. The number of hydrogen-bond acceptors (Lipinski definition) is 6. The van der Waals surface area contributed by atoms with Crippen molar-refractivity contribution in [3.63, 3.8) is 0 Å². The molecule has 0 aliphatic carbocycles. The number of H-pyrrole nitrogens is 1. The monoisotopic (exact) mass is 380 g/mol. The first-order valence-electron chi connectivity index (χ1n) is 7.62. The first-order valence-corrected chi connectivity index (χ1v) is 8.67. The Labute approximate surface area is 151 Å². The number of aromatic amines is 1. The van der Waals surface area contributed by atoms with Crippen LogP contribution in [-0.2, 0) is 25.5 Å². The van der Waals surface area contributed by atoms with Gasteiger partial charge in [0.15, 0.2) is 0 Å². The number of carboxylic acid groups (broad SMARTS) is 1. The SMILES string of the molecule is NC(=O)OCC1=C(C(=O)O)N2C(=O)C(NC(=O)Cc3ccc[nH]3)[C@@H]2SC1. The van der Waals surface area contributed by atoms with E-state index in [0.717, 1.165) is 4.90 Å². The van der Waals surface area contributed by atoms with Gasteiger partial charge in [-0.25, -0.2) is 9.59 Å². The van der Waals surface area contributed by atoms with Gasteiger partial charge in [-0.1, -0.05) is 0 Å². The van der Waals surface area contributed by atoms with Crippen LogP contribution in [0.2, 0.25) is 0 Å². The quantitative estimate of drug-likeness (QED) is 0.480. The van der Waals surface area contributed by atoms with Crippen LogP contribution in [0.25, 0.3) is 0 Å². The minimum atomic E-state index is -1.30. The lowest BCUT2D eigenvalue weighted by Crippen LogP contribution is -2.70. The number of hydrogen-bond donors (Lipinski definition) is 4. The molecular formula is C15H16N4O6S. The molecule has 5 N–H and O–H groups in total. The lowest BCUT2D eigenvalue weighted by atomic mass is 10.0. The van der Waals surface area contributed by atoms with E-state index < -0.39 is 29.4 Å². The molecule has 2 aliphatic rings. The molecule has 1 unspecified atom stereocenters. The molecule has 10 nitrogen and oxygen atoms in total. The van der Waals surface area contributed by atoms with E-state index in [1.165, 1.54) is 11.8 Å². The van der Waals surface area contributed by atoms with Gasteiger partial charge in [-0.15, -0.1) is 11.8 Å². The van der Waals surface area contributed by atoms with Crippen molar-refractivity contribution in [3.8, 4) is 0 Å². The predicted octanol–water partition coefficient (Wildman–Crippen LogP) is -0.609. The van der Waals surface area contributed by atoms with Crippen molar-refractivity contribution < 1.29 is 29.0 Å². The number of carboxylic acids is 1. The molecule has 0 saturated carbocycles. The maximum absolute atomic E-state index is 12.4. The summed E-state index contributed by atoms with van der Waals surface area (Å²) in [6.07, 6.45) is 0.752. The van der Waals surface area contributed by atoms with E-state index in [9.17, 15) is 24.3 Å². The van der Waals surface area contributed by atoms with Crippen molar-refractivity contribution >= 4 is 35.6 Å². The summed E-state index contributed by atoms with van der Waals surface area (Å²) in [5.41, 5.74) is 5.66. The number of nitrogens with one attached hydrogen (secondary N) is 2. The van der Waals surface area contributed by atoms with Gasteiger partial charge in [0.05, 0.1) is 6.42 Å². The number of carbonyl (C=O) groups is 4. The van der Waals surface area contributed by atoms with Crippen LogP contribution < -0.4 is 11.1 Å². The Hall–Kier alpha value is -2.95. The Morgan fingerprint density at radius 3 is 2.85 bits per heavy atom. The van der Waals surface area contributed by atoms with Gasteiger partial charge in [-0.2, -0.15) is 0 Å². The average Bonchev–Trinajstić information content (AvgIpc) is 3.09. The molecule has 1 fully saturated rings. The number of rotatable bonds is 6. The van der Waals surface area contributed by atoms with Gasteiger partial charge in [0, 0.05) is 23.2 Å². The normalized spacial score (nSPS) is 21.7. The van der Waals surface area contributed by atoms with Gasteiger partial charge >= 0.3 is 12.1 Å². The number of ether oxygens (including phenoxy) is 1. The Bertz CT molecular complexity index is 790. The second-order valence-electron chi connectivity index (χ2n) is 5.69. The number of nitrogens with zero attached hydrogens (tertiary/aromatic N) is 1. The highest BCUT2D eigenvalue weighted by molar-refractivity contribution is 8.00. The highest BCUT2D eigenvalue weighted by Gasteiger charge is 2.54. The fourth-order valence-electron chi connectivity index (χ4n) is 2.83. The fourth-order valence-corrected chi connectivity index (χ4v) is 4.15. The van der Waals surface area contributed by atoms with E-state index in [-0.39, 0.29) is 36.0 Å². The Balaban J connectivity index is 1.69. The maximum Gasteiger partial charge on any atom is 0.404 e. The molecule has 1 aromatic rings. The van der Waals surface area contributed by atoms with E-state index >= 15 is 0 Å². The lowest BCUT2D eigenvalue weighted by molar-refractivity contribution is -0.150. The molecule has 26 heavy (non-hydrogen) atoms. The highest BCUT2D eigenvalue weighted by atomic mass is 32.2. The number of aliphatic carboxylic acids is 1. The fraction of sp³-hybridized carbons (Fsp3) is 0.333. The van der Waals surface area contributed by atoms with Crippen LogP contribution in [0.15, 0.2) is 29.6 Å². The summed E-state index contributed by atoms with van der Waals surface area (Å²) in [7, 11) is 0. The van der Waals surface area contributed by atoms with Gasteiger partial charge in [-0.05, 0) is 12.1 Å². The van der Waals surface area contributed by atoms with Crippen LogP contribution in [-0.4, -0.2) is 62.6 Å². The molecule has 11 heteroatoms. The van der Waals surface area contributed by atoms with Crippen molar-refractivity contribution in [1.82, 2.24) is 15.2 Å². The first-order chi connectivity index (χ1) is 12.4. The summed E-state index contributed by atoms with van der Waals surface area (Å²) in [4.78, 5) is 50.8. The first kappa shape index (κ1) is 17.9. The molecule has 2 aliphatic heterocycles. The molecule has 138 valence electrons. The summed E-state index contributed by atoms with van der Waals surface area (Å²) in [6.45, 7) is -0.301. The van der Waals surface area contributed by atoms with Crippen LogP contribution in [0.1, 0.15) is 5.69 Å². The van der Waals surface area contributed by atoms with Crippen molar-refractivity contribution in [3.05, 3.63) is 35.3 Å². The number of primary amides is 1. The van der Waals surface area contributed by atoms with Gasteiger partial charge in [-0.3, -0.25) is 14.5 Å². The molecule has 3 amide bonds. The van der Waals surface area contributed by atoms with Crippen LogP contribution in [0.5, 0.6) is 0 Å². The number of fused-ring (bicyclic) bond motifs is 1. The number of amides is 3. The molecular weight excluding hydrogens is 364 g/mol. The predicted molar refractivity (Wildman–Crippen MR) is 89.7 cm³/mol. The topological polar surface area (TPSA) is 155 Å². The molecule has 1 aromatic heterocycles. The largest absolute Gasteiger partial charge is 0.477 e. The standard InChI is InChI=1S/C15H16N4O6S/c16-15(24)25-5-7-6-26-13-10(12(21)19(13)11(7)14(22)23)18-9(20)4-8-2-1-3-17-8/h1-3,10,13,17H,4-6H2,(H2,16,24)(H,18,20)(H,22,23)/t10?,13-/m0/s1. The van der Waals surface area contributed by atoms with Crippen molar-refractivity contribution in [2.75, 3.05) is 12.4 Å². The number of carbonyl (C=O) groups excluding carboxylic acids is 3. The summed E-state index contributed by atoms with van der Waals surface area (Å²) >= 11 is 1.28. The van der Waals surface area contributed by atoms with E-state index in [1.54, 1.807) is 18.3 Å². The van der Waals surface area contributed by atoms with Gasteiger partial charge in [0.2, 0.25) is 5.91 Å². The van der Waals surface area contributed by atoms with Crippen molar-refractivity contribution in [2.24, 2.45) is 5.73 Å². The van der Waals surface area contributed by atoms with Crippen molar-refractivity contribution in [2.45, 2.75) is 17.8 Å². The zero-order chi connectivity index (χ0) is 18.8. The molecule has 1 saturated heterocycles. The second kappa shape index (κ2) is 7.12. The average molecular weight is 380 g/mol. The van der Waals surface area contributed by atoms with Crippen LogP contribution in [0.4, 0.5) is 4.79 Å². The zero-order valence-electron chi connectivity index (χ0n) is 13.4. The molecule has 3 heterocycles. The minimum Gasteiger partial charge on any atom is -0.477 e. The third-order valence-corrected chi connectivity index (χ3v) is 5.31. The molecule has 3 rings (SSSR count). The Kier molecular flexibility index (Phi) is 4.89. The molecule has 0 spiro atoms. The smallest absolute Gasteiger partial charge is 0.404 e. The van der Waals surface area contributed by atoms with Crippen LogP contribution in [0.3, 0.4) is 0 Å². The molecule has 0 bridgehead atoms. The van der Waals surface area contributed by atoms with E-state index in [0.29, 0.717) is 5.69 Å². The number of β-lactam (4-membered cyclic amide) rings is 1. The van der Waals surface area contributed by atoms with Crippen LogP contribution in [0, 0.1) is 0 Å². The highest BCUT2D eigenvalue weighted by Crippen LogP contribution is 2.40. The molecule has 2 atom stereocenters. The summed E-state index contributed by atoms with van der Waals surface area (Å²) in [5, 5.41) is 11.5. The second-order valence-corrected chi connectivity index (χ2v) is 6.80. The number of nitrogens with two attached hydrogens (primary N) is 1. The number of thioether (sulfide) groups is 1. The van der Waals surface area contributed by atoms with E-state index in [1.807, 2.05) is 0 Å². The van der Waals surface area contributed by atoms with Crippen molar-refractivity contribution in [1.29, 1.82) is 0 Å². The van der Waals surface area contributed by atoms with E-state index in [4.69, 9.17) is 5.73 Å². The van der Waals surface area contributed by atoms with E-state index in [2.05, 4.69) is 15.0 Å². The Morgan fingerprint density at radius 1 is 1.46 bits per heavy atom. The zero-order valence-corrected chi connectivity index (χ0v) is 14.2. The molecule has 0 aromatic carbocycles. The Morgan fingerprint density at radius 2 is 2.23 bits per heavy atom. The summed E-state index contributed by atoms with van der Waals surface area (Å²) < 4.78 is 4.65. The number of aromatic nitrogens is 1. The van der Waals surface area contributed by atoms with Crippen LogP contribution >= 0.6 is 11.8 Å². The van der Waals surface area contributed by atoms with Gasteiger partial charge in [0.1, 0.15) is 23.7 Å². The minimum absolute atomic E-state index is 0.0908. The van der Waals surface area contributed by atoms with Gasteiger partial charge < -0.3 is 25.9 Å². The lowest BCUT2D eigenvalue weighted by Gasteiger charge is -2.49. The van der Waals surface area contributed by atoms with Gasteiger partial charge in [0.25, 0.3) is 5.91 Å². The molecule has 0 radical (unpaired) electrons. The third-order valence-electron chi connectivity index (χ3n) is 3.97. The third kappa shape index (κ3) is 3.38.